The number of benzene rings is 1. The van der Waals surface area contributed by atoms with Crippen LogP contribution in [0.3, 0.4) is 0 Å². The van der Waals surface area contributed by atoms with Crippen molar-refractivity contribution in [1.29, 1.82) is 0 Å². The molecule has 6 nitrogen and oxygen atoms in total. The lowest BCUT2D eigenvalue weighted by atomic mass is 10.3. The van der Waals surface area contributed by atoms with E-state index in [9.17, 15) is 17.2 Å². The molecule has 0 spiro atoms. The van der Waals surface area contributed by atoms with Crippen LogP contribution >= 0.6 is 0 Å². The number of hydrogen-bond donors (Lipinski definition) is 2. The first-order chi connectivity index (χ1) is 12.5. The number of aromatic nitrogens is 2. The summed E-state index contributed by atoms with van der Waals surface area (Å²) in [5, 5.41) is 3.25. The molecule has 0 bridgehead atoms. The molecule has 0 atom stereocenters. The maximum absolute atomic E-state index is 14.1. The average molecular weight is 378 g/mol. The second-order valence-electron chi connectivity index (χ2n) is 6.02. The molecule has 136 valence electrons. The van der Waals surface area contributed by atoms with Crippen molar-refractivity contribution < 1.29 is 17.2 Å². The van der Waals surface area contributed by atoms with Crippen LogP contribution in [0.4, 0.5) is 14.5 Å². The summed E-state index contributed by atoms with van der Waals surface area (Å²) in [5.41, 5.74) is 1.62. The molecule has 1 aliphatic rings. The van der Waals surface area contributed by atoms with E-state index in [1.54, 1.807) is 6.20 Å². The molecule has 3 heterocycles. The number of nitrogens with one attached hydrogen (secondary N) is 2. The topological polar surface area (TPSA) is 78.1 Å². The number of halogens is 2. The highest BCUT2D eigenvalue weighted by Crippen LogP contribution is 2.32. The van der Waals surface area contributed by atoms with Gasteiger partial charge in [-0.2, -0.15) is 0 Å². The highest BCUT2D eigenvalue weighted by Gasteiger charge is 2.27. The van der Waals surface area contributed by atoms with Crippen molar-refractivity contribution >= 4 is 26.6 Å². The van der Waals surface area contributed by atoms with Gasteiger partial charge >= 0.3 is 0 Å². The summed E-state index contributed by atoms with van der Waals surface area (Å²) in [6, 6.07) is 3.74. The van der Waals surface area contributed by atoms with Gasteiger partial charge in [0, 0.05) is 44.6 Å². The van der Waals surface area contributed by atoms with Crippen LogP contribution in [0.15, 0.2) is 46.5 Å². The molecule has 1 fully saturated rings. The zero-order valence-electron chi connectivity index (χ0n) is 13.7. The maximum Gasteiger partial charge on any atom is 0.211 e. The zero-order chi connectivity index (χ0) is 18.3. The second-order valence-corrected chi connectivity index (χ2v) is 7.91. The summed E-state index contributed by atoms with van der Waals surface area (Å²) in [4.78, 5) is 8.72. The summed E-state index contributed by atoms with van der Waals surface area (Å²) >= 11 is 0. The second kappa shape index (κ2) is 6.33. The van der Waals surface area contributed by atoms with E-state index in [2.05, 4.69) is 20.2 Å². The molecule has 0 unspecified atom stereocenters. The van der Waals surface area contributed by atoms with Gasteiger partial charge < -0.3 is 15.2 Å². The van der Waals surface area contributed by atoms with Crippen molar-refractivity contribution in [2.75, 3.05) is 31.1 Å². The van der Waals surface area contributed by atoms with Crippen LogP contribution < -0.4 is 10.2 Å². The molecule has 0 aliphatic carbocycles. The monoisotopic (exact) mass is 378 g/mol. The van der Waals surface area contributed by atoms with Crippen molar-refractivity contribution in [2.24, 2.45) is 0 Å². The van der Waals surface area contributed by atoms with Gasteiger partial charge in [-0.3, -0.25) is 4.98 Å². The highest BCUT2D eigenvalue weighted by molar-refractivity contribution is 7.91. The lowest BCUT2D eigenvalue weighted by Crippen LogP contribution is -2.43. The van der Waals surface area contributed by atoms with Crippen LogP contribution in [-0.4, -0.2) is 44.6 Å². The summed E-state index contributed by atoms with van der Waals surface area (Å²) in [6.45, 7) is 3.20. The Bertz CT molecular complexity index is 1080. The predicted molar refractivity (Wildman–Crippen MR) is 93.0 cm³/mol. The van der Waals surface area contributed by atoms with Crippen molar-refractivity contribution in [3.8, 4) is 0 Å². The van der Waals surface area contributed by atoms with Crippen molar-refractivity contribution in [2.45, 2.75) is 9.79 Å². The molecule has 1 aromatic carbocycles. The lowest BCUT2D eigenvalue weighted by Gasteiger charge is -2.28. The van der Waals surface area contributed by atoms with Gasteiger partial charge in [0.25, 0.3) is 0 Å². The SMILES string of the molecule is O=S(=O)(c1ccc(F)cc1F)c1ccnc2c(N3CCNCC3)c[nH]c12. The first-order valence-corrected chi connectivity index (χ1v) is 9.59. The minimum absolute atomic E-state index is 0.0885. The quantitative estimate of drug-likeness (QED) is 0.683. The third kappa shape index (κ3) is 2.73. The standard InChI is InChI=1S/C17H16F2N4O2S/c18-11-1-2-14(12(19)9-11)26(24,25)15-3-4-21-16-13(10-22-17(15)16)23-7-5-20-6-8-23/h1-4,9-10,20,22H,5-8H2. The third-order valence-corrected chi connectivity index (χ3v) is 6.27. The zero-order valence-corrected chi connectivity index (χ0v) is 14.5. The molecule has 0 radical (unpaired) electrons. The number of fused-ring (bicyclic) bond motifs is 1. The first kappa shape index (κ1) is 16.9. The number of rotatable bonds is 3. The Labute approximate surface area is 148 Å². The van der Waals surface area contributed by atoms with Crippen LogP contribution in [0.25, 0.3) is 11.0 Å². The molecule has 1 saturated heterocycles. The van der Waals surface area contributed by atoms with Gasteiger partial charge in [0.2, 0.25) is 9.84 Å². The fourth-order valence-corrected chi connectivity index (χ4v) is 4.63. The number of anilines is 1. The van der Waals surface area contributed by atoms with Gasteiger partial charge in [-0.15, -0.1) is 0 Å². The molecule has 2 N–H and O–H groups in total. The number of nitrogens with zero attached hydrogens (tertiary/aromatic N) is 2. The van der Waals surface area contributed by atoms with Crippen molar-refractivity contribution in [1.82, 2.24) is 15.3 Å². The van der Waals surface area contributed by atoms with E-state index in [-0.39, 0.29) is 4.90 Å². The Morgan fingerprint density at radius 1 is 1.08 bits per heavy atom. The molecule has 1 aliphatic heterocycles. The third-order valence-electron chi connectivity index (χ3n) is 4.44. The Morgan fingerprint density at radius 2 is 1.85 bits per heavy atom. The van der Waals surface area contributed by atoms with E-state index >= 15 is 0 Å². The van der Waals surface area contributed by atoms with Gasteiger partial charge in [0.05, 0.1) is 16.1 Å². The van der Waals surface area contributed by atoms with Gasteiger partial charge in [-0.05, 0) is 18.2 Å². The number of H-pyrrole nitrogens is 1. The van der Waals surface area contributed by atoms with Crippen molar-refractivity contribution in [3.05, 3.63) is 48.3 Å². The van der Waals surface area contributed by atoms with Gasteiger partial charge in [-0.1, -0.05) is 0 Å². The summed E-state index contributed by atoms with van der Waals surface area (Å²) in [5.74, 6) is -1.95. The molecule has 2 aromatic heterocycles. The summed E-state index contributed by atoms with van der Waals surface area (Å²) < 4.78 is 53.1. The molecule has 3 aromatic rings. The van der Waals surface area contributed by atoms with Crippen molar-refractivity contribution in [3.63, 3.8) is 0 Å². The summed E-state index contributed by atoms with van der Waals surface area (Å²) in [6.07, 6.45) is 3.10. The first-order valence-electron chi connectivity index (χ1n) is 8.10. The highest BCUT2D eigenvalue weighted by atomic mass is 32.2. The summed E-state index contributed by atoms with van der Waals surface area (Å²) in [7, 11) is -4.17. The lowest BCUT2D eigenvalue weighted by molar-refractivity contribution is 0.549. The van der Waals surface area contributed by atoms with Gasteiger partial charge in [0.15, 0.2) is 0 Å². The molecular weight excluding hydrogens is 362 g/mol. The molecule has 0 saturated carbocycles. The smallest absolute Gasteiger partial charge is 0.211 e. The van der Waals surface area contributed by atoms with Crippen LogP contribution in [0, 0.1) is 11.6 Å². The van der Waals surface area contributed by atoms with Crippen LogP contribution in [-0.2, 0) is 9.84 Å². The minimum atomic E-state index is -4.17. The van der Waals surface area contributed by atoms with E-state index in [0.29, 0.717) is 17.1 Å². The number of piperazine rings is 1. The number of aromatic amines is 1. The Balaban J connectivity index is 1.85. The van der Waals surface area contributed by atoms with Gasteiger partial charge in [0.1, 0.15) is 22.0 Å². The van der Waals surface area contributed by atoms with E-state index in [4.69, 9.17) is 0 Å². The maximum atomic E-state index is 14.1. The molecule has 9 heteroatoms. The van der Waals surface area contributed by atoms with Crippen LogP contribution in [0.2, 0.25) is 0 Å². The van der Waals surface area contributed by atoms with E-state index in [0.717, 1.165) is 44.0 Å². The number of pyridine rings is 1. The molecule has 26 heavy (non-hydrogen) atoms. The Morgan fingerprint density at radius 3 is 2.58 bits per heavy atom. The predicted octanol–water partition coefficient (Wildman–Crippen LogP) is 2.08. The molecular formula is C17H16F2N4O2S. The normalized spacial score (nSPS) is 15.5. The molecule has 0 amide bonds. The van der Waals surface area contributed by atoms with E-state index < -0.39 is 26.4 Å². The largest absolute Gasteiger partial charge is 0.366 e. The number of hydrogen-bond acceptors (Lipinski definition) is 5. The average Bonchev–Trinajstić information content (AvgIpc) is 3.06. The fraction of sp³-hybridized carbons (Fsp3) is 0.235. The van der Waals surface area contributed by atoms with Gasteiger partial charge in [-0.25, -0.2) is 17.2 Å². The van der Waals surface area contributed by atoms with E-state index in [1.165, 1.54) is 12.3 Å². The Hall–Kier alpha value is -2.52. The molecule has 4 rings (SSSR count). The Kier molecular flexibility index (Phi) is 4.12. The van der Waals surface area contributed by atoms with E-state index in [1.807, 2.05) is 0 Å². The minimum Gasteiger partial charge on any atom is -0.366 e. The van der Waals surface area contributed by atoms with Crippen LogP contribution in [0.5, 0.6) is 0 Å². The number of sulfone groups is 1. The fourth-order valence-electron chi connectivity index (χ4n) is 3.17. The van der Waals surface area contributed by atoms with Crippen LogP contribution in [0.1, 0.15) is 0 Å².